The minimum absolute atomic E-state index is 0.260. The second-order valence-electron chi connectivity index (χ2n) is 5.54. The molecule has 0 spiro atoms. The number of ether oxygens (including phenoxy) is 1. The molecule has 5 heteroatoms. The second-order valence-corrected chi connectivity index (χ2v) is 5.54. The highest BCUT2D eigenvalue weighted by molar-refractivity contribution is 5.31. The van der Waals surface area contributed by atoms with Crippen LogP contribution in [0, 0.1) is 5.92 Å². The van der Waals surface area contributed by atoms with Crippen LogP contribution in [0.4, 0.5) is 5.82 Å². The van der Waals surface area contributed by atoms with Crippen LogP contribution in [0.2, 0.25) is 0 Å². The zero-order valence-electron chi connectivity index (χ0n) is 11.3. The lowest BCUT2D eigenvalue weighted by molar-refractivity contribution is -0.0296. The Kier molecular flexibility index (Phi) is 4.25. The van der Waals surface area contributed by atoms with Crippen LogP contribution < -0.4 is 5.32 Å². The van der Waals surface area contributed by atoms with Crippen molar-refractivity contribution in [1.82, 2.24) is 15.1 Å². The second kappa shape index (κ2) is 6.30. The molecule has 2 heterocycles. The van der Waals surface area contributed by atoms with Crippen LogP contribution in [-0.4, -0.2) is 54.0 Å². The molecule has 0 amide bonds. The maximum Gasteiger partial charge on any atom is 0.148 e. The summed E-state index contributed by atoms with van der Waals surface area (Å²) in [7, 11) is 0. The molecule has 1 atom stereocenters. The molecule has 1 N–H and O–H groups in total. The number of nitrogens with zero attached hydrogens (tertiary/aromatic N) is 3. The van der Waals surface area contributed by atoms with Gasteiger partial charge in [-0.25, -0.2) is 0 Å². The Morgan fingerprint density at radius 1 is 1.42 bits per heavy atom. The predicted octanol–water partition coefficient (Wildman–Crippen LogP) is 1.39. The molecule has 0 aromatic carbocycles. The van der Waals surface area contributed by atoms with Crippen molar-refractivity contribution < 1.29 is 4.74 Å². The van der Waals surface area contributed by atoms with Gasteiger partial charge in [0.25, 0.3) is 0 Å². The highest BCUT2D eigenvalue weighted by atomic mass is 16.5. The van der Waals surface area contributed by atoms with Gasteiger partial charge in [0, 0.05) is 32.4 Å². The Morgan fingerprint density at radius 2 is 2.37 bits per heavy atom. The third-order valence-corrected chi connectivity index (χ3v) is 4.05. The molecule has 1 aliphatic carbocycles. The summed E-state index contributed by atoms with van der Waals surface area (Å²) < 4.78 is 5.81. The van der Waals surface area contributed by atoms with E-state index in [4.69, 9.17) is 4.74 Å². The Bertz CT molecular complexity index is 382. The molecule has 5 nitrogen and oxygen atoms in total. The van der Waals surface area contributed by atoms with Crippen LogP contribution in [0.5, 0.6) is 0 Å². The quantitative estimate of drug-likeness (QED) is 0.869. The van der Waals surface area contributed by atoms with E-state index in [0.29, 0.717) is 0 Å². The molecule has 2 fully saturated rings. The minimum atomic E-state index is 0.260. The first-order valence-corrected chi connectivity index (χ1v) is 7.26. The average Bonchev–Trinajstić information content (AvgIpc) is 2.42. The number of anilines is 1. The third kappa shape index (κ3) is 3.64. The fourth-order valence-corrected chi connectivity index (χ4v) is 2.72. The van der Waals surface area contributed by atoms with Gasteiger partial charge in [-0.3, -0.25) is 4.90 Å². The lowest BCUT2D eigenvalue weighted by Gasteiger charge is -2.37. The van der Waals surface area contributed by atoms with Gasteiger partial charge in [0.2, 0.25) is 0 Å². The molecule has 0 unspecified atom stereocenters. The first kappa shape index (κ1) is 12.8. The summed E-state index contributed by atoms with van der Waals surface area (Å²) in [5.41, 5.74) is 0. The number of aromatic nitrogens is 2. The summed E-state index contributed by atoms with van der Waals surface area (Å²) in [6.45, 7) is 5.02. The van der Waals surface area contributed by atoms with Crippen LogP contribution in [0.3, 0.4) is 0 Å². The highest BCUT2D eigenvalue weighted by Gasteiger charge is 2.25. The van der Waals surface area contributed by atoms with Crippen molar-refractivity contribution in [2.75, 3.05) is 38.1 Å². The Hall–Kier alpha value is -1.20. The van der Waals surface area contributed by atoms with Crippen molar-refractivity contribution in [3.05, 3.63) is 18.3 Å². The fraction of sp³-hybridized carbons (Fsp3) is 0.714. The molecule has 2 aliphatic rings. The van der Waals surface area contributed by atoms with Gasteiger partial charge in [-0.15, -0.1) is 5.10 Å². The molecule has 1 aromatic rings. The van der Waals surface area contributed by atoms with Gasteiger partial charge in [0.1, 0.15) is 5.82 Å². The molecule has 0 bridgehead atoms. The minimum Gasteiger partial charge on any atom is -0.374 e. The monoisotopic (exact) mass is 262 g/mol. The summed E-state index contributed by atoms with van der Waals surface area (Å²) >= 11 is 0. The van der Waals surface area contributed by atoms with E-state index in [9.17, 15) is 0 Å². The molecule has 104 valence electrons. The van der Waals surface area contributed by atoms with E-state index < -0.39 is 0 Å². The first-order chi connectivity index (χ1) is 9.40. The summed E-state index contributed by atoms with van der Waals surface area (Å²) in [4.78, 5) is 2.55. The van der Waals surface area contributed by atoms with E-state index in [-0.39, 0.29) is 6.10 Å². The third-order valence-electron chi connectivity index (χ3n) is 4.05. The van der Waals surface area contributed by atoms with E-state index in [1.807, 2.05) is 12.1 Å². The van der Waals surface area contributed by atoms with Crippen LogP contribution in [0.1, 0.15) is 19.3 Å². The molecule has 1 aliphatic heterocycles. The largest absolute Gasteiger partial charge is 0.374 e. The number of hydrogen-bond acceptors (Lipinski definition) is 5. The smallest absolute Gasteiger partial charge is 0.148 e. The molecular weight excluding hydrogens is 240 g/mol. The summed E-state index contributed by atoms with van der Waals surface area (Å²) in [5, 5.41) is 11.2. The predicted molar refractivity (Wildman–Crippen MR) is 74.0 cm³/mol. The molecule has 19 heavy (non-hydrogen) atoms. The number of morpholine rings is 1. The van der Waals surface area contributed by atoms with Crippen molar-refractivity contribution >= 4 is 5.82 Å². The summed E-state index contributed by atoms with van der Waals surface area (Å²) in [6, 6.07) is 3.82. The standard InChI is InChI=1S/C14H22N4O/c1-3-12(4-1)10-18-7-8-19-13(11-18)9-15-14-5-2-6-16-17-14/h2,5-6,12-13H,1,3-4,7-11H2,(H,15,17)/t13-/m1/s1. The molecule has 1 saturated carbocycles. The zero-order chi connectivity index (χ0) is 12.9. The summed E-state index contributed by atoms with van der Waals surface area (Å²) in [5.74, 6) is 1.76. The van der Waals surface area contributed by atoms with Crippen LogP contribution in [-0.2, 0) is 4.74 Å². The van der Waals surface area contributed by atoms with E-state index in [0.717, 1.165) is 38.0 Å². The van der Waals surface area contributed by atoms with E-state index in [1.54, 1.807) is 6.20 Å². The molecule has 1 aromatic heterocycles. The molecule has 0 radical (unpaired) electrons. The van der Waals surface area contributed by atoms with Crippen molar-refractivity contribution in [2.24, 2.45) is 5.92 Å². The van der Waals surface area contributed by atoms with Crippen LogP contribution in [0.15, 0.2) is 18.3 Å². The normalized spacial score (nSPS) is 24.9. The van der Waals surface area contributed by atoms with Gasteiger partial charge in [-0.05, 0) is 30.9 Å². The zero-order valence-corrected chi connectivity index (χ0v) is 11.3. The first-order valence-electron chi connectivity index (χ1n) is 7.26. The van der Waals surface area contributed by atoms with Gasteiger partial charge in [-0.2, -0.15) is 5.10 Å². The van der Waals surface area contributed by atoms with E-state index in [1.165, 1.54) is 25.8 Å². The van der Waals surface area contributed by atoms with Gasteiger partial charge >= 0.3 is 0 Å². The molecular formula is C14H22N4O. The number of rotatable bonds is 5. The lowest BCUT2D eigenvalue weighted by atomic mass is 9.85. The van der Waals surface area contributed by atoms with Crippen molar-refractivity contribution in [3.8, 4) is 0 Å². The topological polar surface area (TPSA) is 50.3 Å². The number of nitrogens with one attached hydrogen (secondary N) is 1. The van der Waals surface area contributed by atoms with Crippen LogP contribution >= 0.6 is 0 Å². The maximum absolute atomic E-state index is 5.81. The van der Waals surface area contributed by atoms with E-state index >= 15 is 0 Å². The Balaban J connectivity index is 1.43. The average molecular weight is 262 g/mol. The van der Waals surface area contributed by atoms with E-state index in [2.05, 4.69) is 20.4 Å². The van der Waals surface area contributed by atoms with Crippen LogP contribution in [0.25, 0.3) is 0 Å². The van der Waals surface area contributed by atoms with Gasteiger partial charge < -0.3 is 10.1 Å². The molecule has 3 rings (SSSR count). The summed E-state index contributed by atoms with van der Waals surface area (Å²) in [6.07, 6.45) is 6.20. The maximum atomic E-state index is 5.81. The highest BCUT2D eigenvalue weighted by Crippen LogP contribution is 2.27. The Morgan fingerprint density at radius 3 is 3.11 bits per heavy atom. The fourth-order valence-electron chi connectivity index (χ4n) is 2.72. The van der Waals surface area contributed by atoms with Gasteiger partial charge in [0.05, 0.1) is 12.7 Å². The van der Waals surface area contributed by atoms with Crippen molar-refractivity contribution in [2.45, 2.75) is 25.4 Å². The SMILES string of the molecule is c1cnnc(NC[C@@H]2CN(CC3CCC3)CCO2)c1. The Labute approximate surface area is 114 Å². The van der Waals surface area contributed by atoms with Gasteiger partial charge in [0.15, 0.2) is 0 Å². The lowest BCUT2D eigenvalue weighted by Crippen LogP contribution is -2.47. The van der Waals surface area contributed by atoms with Crippen molar-refractivity contribution in [3.63, 3.8) is 0 Å². The van der Waals surface area contributed by atoms with Crippen molar-refractivity contribution in [1.29, 1.82) is 0 Å². The number of hydrogen-bond donors (Lipinski definition) is 1. The molecule has 1 saturated heterocycles. The van der Waals surface area contributed by atoms with Gasteiger partial charge in [-0.1, -0.05) is 6.42 Å².